The molecule has 0 spiro atoms. The van der Waals surface area contributed by atoms with Crippen LogP contribution in [0, 0.1) is 26.2 Å². The van der Waals surface area contributed by atoms with Crippen molar-refractivity contribution in [2.75, 3.05) is 18.4 Å². The van der Waals surface area contributed by atoms with Gasteiger partial charge in [0.2, 0.25) is 5.91 Å². The highest BCUT2D eigenvalue weighted by Gasteiger charge is 2.06. The largest absolute Gasteiger partial charge is 0.357 e. The number of aliphatic imine (C=N–C) groups is 1. The highest BCUT2D eigenvalue weighted by molar-refractivity contribution is 7.11. The van der Waals surface area contributed by atoms with Gasteiger partial charge in [-0.15, -0.1) is 17.8 Å². The number of carbonyl (C=O) groups is 1. The molecule has 1 aromatic heterocycles. The predicted molar refractivity (Wildman–Crippen MR) is 107 cm³/mol. The number of carbonyl (C=O) groups excluding carboxylic acids is 1. The van der Waals surface area contributed by atoms with Gasteiger partial charge in [0, 0.05) is 22.7 Å². The summed E-state index contributed by atoms with van der Waals surface area (Å²) in [6.45, 7) is 7.29. The minimum absolute atomic E-state index is 0.00550. The Hall–Kier alpha value is -2.85. The molecule has 0 aliphatic carbocycles. The molecule has 7 heteroatoms. The minimum atomic E-state index is -0.211. The normalized spacial score (nSPS) is 10.9. The number of aromatic nitrogens is 1. The fourth-order valence-corrected chi connectivity index (χ4v) is 3.03. The summed E-state index contributed by atoms with van der Waals surface area (Å²) in [7, 11) is 0. The maximum atomic E-state index is 12.1. The lowest BCUT2D eigenvalue weighted by molar-refractivity contribution is -0.114. The van der Waals surface area contributed by atoms with Gasteiger partial charge >= 0.3 is 0 Å². The van der Waals surface area contributed by atoms with E-state index >= 15 is 0 Å². The van der Waals surface area contributed by atoms with Crippen LogP contribution in [-0.2, 0) is 11.3 Å². The standard InChI is InChI=1S/C19H23N5OS/c1-5-15-8-7-9-16(10-15)24-17(25)11-21-19(20-6-2)22-12-18-23-13(3)14(4)26-18/h1,7-10H,6,11-12H2,2-4H3,(H,24,25)(H2,20,21,22). The van der Waals surface area contributed by atoms with Crippen LogP contribution in [0.2, 0.25) is 0 Å². The average molecular weight is 369 g/mol. The summed E-state index contributed by atoms with van der Waals surface area (Å²) >= 11 is 1.65. The van der Waals surface area contributed by atoms with Gasteiger partial charge in [0.1, 0.15) is 11.6 Å². The Morgan fingerprint density at radius 1 is 1.35 bits per heavy atom. The van der Waals surface area contributed by atoms with Gasteiger partial charge in [0.15, 0.2) is 5.96 Å². The van der Waals surface area contributed by atoms with Gasteiger partial charge in [-0.3, -0.25) is 4.79 Å². The SMILES string of the molecule is C#Cc1cccc(NC(=O)CN=C(NCC)NCc2nc(C)c(C)s2)c1. The van der Waals surface area contributed by atoms with Crippen LogP contribution in [0.4, 0.5) is 5.69 Å². The zero-order chi connectivity index (χ0) is 18.9. The van der Waals surface area contributed by atoms with Gasteiger partial charge in [-0.05, 0) is 39.0 Å². The number of hydrogen-bond acceptors (Lipinski definition) is 4. The van der Waals surface area contributed by atoms with E-state index in [1.807, 2.05) is 19.9 Å². The fourth-order valence-electron chi connectivity index (χ4n) is 2.15. The Kier molecular flexibility index (Phi) is 7.18. The zero-order valence-electron chi connectivity index (χ0n) is 15.2. The third-order valence-electron chi connectivity index (χ3n) is 3.52. The molecule has 0 radical (unpaired) electrons. The van der Waals surface area contributed by atoms with Crippen molar-refractivity contribution in [3.05, 3.63) is 45.4 Å². The fraction of sp³-hybridized carbons (Fsp3) is 0.316. The maximum Gasteiger partial charge on any atom is 0.246 e. The number of aryl methyl sites for hydroxylation is 2. The molecular formula is C19H23N5OS. The number of terminal acetylenes is 1. The smallest absolute Gasteiger partial charge is 0.246 e. The zero-order valence-corrected chi connectivity index (χ0v) is 16.0. The number of guanidine groups is 1. The van der Waals surface area contributed by atoms with Crippen molar-refractivity contribution in [1.82, 2.24) is 15.6 Å². The lowest BCUT2D eigenvalue weighted by atomic mass is 10.2. The Morgan fingerprint density at radius 2 is 2.15 bits per heavy atom. The summed E-state index contributed by atoms with van der Waals surface area (Å²) in [5, 5.41) is 10.1. The topological polar surface area (TPSA) is 78.4 Å². The van der Waals surface area contributed by atoms with Crippen LogP contribution < -0.4 is 16.0 Å². The third kappa shape index (κ3) is 5.90. The molecule has 3 N–H and O–H groups in total. The van der Waals surface area contributed by atoms with Gasteiger partial charge in [0.25, 0.3) is 0 Å². The van der Waals surface area contributed by atoms with Crippen molar-refractivity contribution in [2.24, 2.45) is 4.99 Å². The first-order valence-corrected chi connectivity index (χ1v) is 9.15. The van der Waals surface area contributed by atoms with Crippen molar-refractivity contribution >= 4 is 28.9 Å². The maximum absolute atomic E-state index is 12.1. The van der Waals surface area contributed by atoms with Crippen LogP contribution in [0.1, 0.15) is 28.1 Å². The first-order valence-electron chi connectivity index (χ1n) is 8.33. The molecule has 2 aromatic rings. The molecule has 2 rings (SSSR count). The van der Waals surface area contributed by atoms with Gasteiger partial charge in [0.05, 0.1) is 12.2 Å². The van der Waals surface area contributed by atoms with Crippen LogP contribution in [0.15, 0.2) is 29.3 Å². The van der Waals surface area contributed by atoms with Crippen LogP contribution in [-0.4, -0.2) is 29.9 Å². The molecule has 0 unspecified atom stereocenters. The van der Waals surface area contributed by atoms with Crippen molar-refractivity contribution in [3.63, 3.8) is 0 Å². The van der Waals surface area contributed by atoms with E-state index in [1.54, 1.807) is 29.5 Å². The molecule has 1 heterocycles. The molecule has 136 valence electrons. The summed E-state index contributed by atoms with van der Waals surface area (Å²) in [5.41, 5.74) is 2.42. The molecular weight excluding hydrogens is 346 g/mol. The van der Waals surface area contributed by atoms with Gasteiger partial charge in [-0.1, -0.05) is 12.0 Å². The Morgan fingerprint density at radius 3 is 2.81 bits per heavy atom. The van der Waals surface area contributed by atoms with E-state index in [-0.39, 0.29) is 12.5 Å². The van der Waals surface area contributed by atoms with E-state index in [0.29, 0.717) is 24.7 Å². The lowest BCUT2D eigenvalue weighted by Gasteiger charge is -2.10. The first kappa shape index (κ1) is 19.5. The van der Waals surface area contributed by atoms with Gasteiger partial charge in [-0.2, -0.15) is 0 Å². The number of nitrogens with one attached hydrogen (secondary N) is 3. The van der Waals surface area contributed by atoms with E-state index in [4.69, 9.17) is 6.42 Å². The third-order valence-corrected chi connectivity index (χ3v) is 4.59. The molecule has 0 aliphatic heterocycles. The monoisotopic (exact) mass is 369 g/mol. The summed E-state index contributed by atoms with van der Waals surface area (Å²) < 4.78 is 0. The number of thiazole rings is 1. The summed E-state index contributed by atoms with van der Waals surface area (Å²) in [5.74, 6) is 2.91. The summed E-state index contributed by atoms with van der Waals surface area (Å²) in [6.07, 6.45) is 5.37. The van der Waals surface area contributed by atoms with Crippen molar-refractivity contribution < 1.29 is 4.79 Å². The van der Waals surface area contributed by atoms with E-state index in [0.717, 1.165) is 16.3 Å². The summed E-state index contributed by atoms with van der Waals surface area (Å²) in [4.78, 5) is 22.1. The van der Waals surface area contributed by atoms with Crippen molar-refractivity contribution in [1.29, 1.82) is 0 Å². The predicted octanol–water partition coefficient (Wildman–Crippen LogP) is 2.44. The Balaban J connectivity index is 1.92. The second-order valence-electron chi connectivity index (χ2n) is 5.57. The lowest BCUT2D eigenvalue weighted by Crippen LogP contribution is -2.37. The molecule has 0 saturated heterocycles. The quantitative estimate of drug-likeness (QED) is 0.415. The number of hydrogen-bond donors (Lipinski definition) is 3. The van der Waals surface area contributed by atoms with E-state index < -0.39 is 0 Å². The molecule has 26 heavy (non-hydrogen) atoms. The first-order chi connectivity index (χ1) is 12.5. The Bertz CT molecular complexity index is 815. The second-order valence-corrected chi connectivity index (χ2v) is 6.86. The molecule has 0 aliphatic rings. The number of rotatable bonds is 6. The van der Waals surface area contributed by atoms with Crippen LogP contribution in [0.3, 0.4) is 0 Å². The Labute approximate surface area is 158 Å². The molecule has 0 fully saturated rings. The van der Waals surface area contributed by atoms with Crippen LogP contribution >= 0.6 is 11.3 Å². The number of nitrogens with zero attached hydrogens (tertiary/aromatic N) is 2. The van der Waals surface area contributed by atoms with Gasteiger partial charge < -0.3 is 16.0 Å². The van der Waals surface area contributed by atoms with E-state index in [2.05, 4.69) is 38.8 Å². The minimum Gasteiger partial charge on any atom is -0.357 e. The van der Waals surface area contributed by atoms with Crippen LogP contribution in [0.5, 0.6) is 0 Å². The van der Waals surface area contributed by atoms with Crippen LogP contribution in [0.25, 0.3) is 0 Å². The molecule has 0 bridgehead atoms. The van der Waals surface area contributed by atoms with Crippen molar-refractivity contribution in [3.8, 4) is 12.3 Å². The second kappa shape index (κ2) is 9.59. The highest BCUT2D eigenvalue weighted by Crippen LogP contribution is 2.15. The van der Waals surface area contributed by atoms with E-state index in [1.165, 1.54) is 4.88 Å². The molecule has 1 amide bonds. The number of amides is 1. The molecule has 1 aromatic carbocycles. The van der Waals surface area contributed by atoms with Gasteiger partial charge in [-0.25, -0.2) is 9.98 Å². The molecule has 6 nitrogen and oxygen atoms in total. The molecule has 0 saturated carbocycles. The summed E-state index contributed by atoms with van der Waals surface area (Å²) in [6, 6.07) is 7.15. The van der Waals surface area contributed by atoms with E-state index in [9.17, 15) is 4.79 Å². The number of benzene rings is 1. The number of anilines is 1. The molecule has 0 atom stereocenters. The average Bonchev–Trinajstić information content (AvgIpc) is 2.95. The van der Waals surface area contributed by atoms with Crippen molar-refractivity contribution in [2.45, 2.75) is 27.3 Å². The highest BCUT2D eigenvalue weighted by atomic mass is 32.1.